The third kappa shape index (κ3) is 4.80. The molecule has 0 aromatic heterocycles. The van der Waals surface area contributed by atoms with Crippen molar-refractivity contribution in [1.82, 2.24) is 4.90 Å². The van der Waals surface area contributed by atoms with Crippen LogP contribution >= 0.6 is 23.4 Å². The number of halogens is 1. The number of hydrogen-bond donors (Lipinski definition) is 1. The lowest BCUT2D eigenvalue weighted by atomic mass is 10.1. The number of carbonyl (C=O) groups is 1. The highest BCUT2D eigenvalue weighted by Gasteiger charge is 2.20. The van der Waals surface area contributed by atoms with E-state index < -0.39 is 0 Å². The smallest absolute Gasteiger partial charge is 0.238 e. The number of nitrogens with zero attached hydrogens (tertiary/aromatic N) is 1. The molecular weight excluding hydrogens is 308 g/mol. The number of ether oxygens (including phenoxy) is 1. The first-order valence-electron chi connectivity index (χ1n) is 7.01. The van der Waals surface area contributed by atoms with Crippen LogP contribution in [0, 0.1) is 0 Å². The van der Waals surface area contributed by atoms with Gasteiger partial charge in [0.1, 0.15) is 5.75 Å². The standard InChI is InChI=1S/C15H21ClN2O2S/c1-18(12-5-7-21-8-6-12)10-15(19)17-11-3-4-14(20-2)13(16)9-11/h3-4,9,12H,5-8,10H2,1-2H3,(H,17,19). The average Bonchev–Trinajstić information content (AvgIpc) is 2.48. The van der Waals surface area contributed by atoms with Gasteiger partial charge in [0.2, 0.25) is 5.91 Å². The number of anilines is 1. The van der Waals surface area contributed by atoms with E-state index in [1.807, 2.05) is 18.8 Å². The zero-order valence-electron chi connectivity index (χ0n) is 12.4. The fraction of sp³-hybridized carbons (Fsp3) is 0.533. The molecule has 0 saturated carbocycles. The van der Waals surface area contributed by atoms with Gasteiger partial charge in [0.05, 0.1) is 18.7 Å². The zero-order valence-corrected chi connectivity index (χ0v) is 14.0. The number of thioether (sulfide) groups is 1. The second-order valence-electron chi connectivity index (χ2n) is 5.16. The Kier molecular flexibility index (Phi) is 6.21. The maximum absolute atomic E-state index is 12.1. The molecule has 116 valence electrons. The molecule has 21 heavy (non-hydrogen) atoms. The molecule has 1 fully saturated rings. The largest absolute Gasteiger partial charge is 0.495 e. The average molecular weight is 329 g/mol. The maximum Gasteiger partial charge on any atom is 0.238 e. The maximum atomic E-state index is 12.1. The molecule has 1 aliphatic heterocycles. The predicted octanol–water partition coefficient (Wildman–Crippen LogP) is 3.11. The Morgan fingerprint density at radius 1 is 1.48 bits per heavy atom. The van der Waals surface area contributed by atoms with E-state index in [9.17, 15) is 4.79 Å². The summed E-state index contributed by atoms with van der Waals surface area (Å²) in [5.74, 6) is 2.96. The van der Waals surface area contributed by atoms with Gasteiger partial charge in [0, 0.05) is 11.7 Å². The van der Waals surface area contributed by atoms with E-state index in [1.54, 1.807) is 25.3 Å². The van der Waals surface area contributed by atoms with Crippen LogP contribution in [0.25, 0.3) is 0 Å². The predicted molar refractivity (Wildman–Crippen MR) is 89.6 cm³/mol. The summed E-state index contributed by atoms with van der Waals surface area (Å²) < 4.78 is 5.09. The van der Waals surface area contributed by atoms with Crippen LogP contribution in [0.4, 0.5) is 5.69 Å². The Morgan fingerprint density at radius 3 is 2.81 bits per heavy atom. The number of hydrogen-bond acceptors (Lipinski definition) is 4. The van der Waals surface area contributed by atoms with E-state index in [2.05, 4.69) is 10.2 Å². The fourth-order valence-electron chi connectivity index (χ4n) is 2.43. The fourth-order valence-corrected chi connectivity index (χ4v) is 3.77. The number of benzene rings is 1. The Bertz CT molecular complexity index is 493. The summed E-state index contributed by atoms with van der Waals surface area (Å²) in [4.78, 5) is 14.2. The number of amides is 1. The van der Waals surface area contributed by atoms with Gasteiger partial charge < -0.3 is 10.1 Å². The van der Waals surface area contributed by atoms with Gasteiger partial charge >= 0.3 is 0 Å². The van der Waals surface area contributed by atoms with Crippen LogP contribution in [0.2, 0.25) is 5.02 Å². The minimum Gasteiger partial charge on any atom is -0.495 e. The van der Waals surface area contributed by atoms with Gasteiger partial charge in [0.25, 0.3) is 0 Å². The first kappa shape index (κ1) is 16.5. The molecule has 1 heterocycles. The van der Waals surface area contributed by atoms with E-state index in [0.29, 0.717) is 29.0 Å². The van der Waals surface area contributed by atoms with Crippen molar-refractivity contribution in [2.24, 2.45) is 0 Å². The molecule has 1 aromatic carbocycles. The molecule has 6 heteroatoms. The highest BCUT2D eigenvalue weighted by molar-refractivity contribution is 7.99. The van der Waals surface area contributed by atoms with Gasteiger partial charge in [0.15, 0.2) is 0 Å². The zero-order chi connectivity index (χ0) is 15.2. The van der Waals surface area contributed by atoms with E-state index in [0.717, 1.165) is 12.8 Å². The lowest BCUT2D eigenvalue weighted by molar-refractivity contribution is -0.117. The van der Waals surface area contributed by atoms with Crippen molar-refractivity contribution in [3.8, 4) is 5.75 Å². The molecule has 0 bridgehead atoms. The Labute approximate surface area is 135 Å². The second kappa shape index (κ2) is 7.92. The quantitative estimate of drug-likeness (QED) is 0.901. The summed E-state index contributed by atoms with van der Waals surface area (Å²) in [6.07, 6.45) is 2.31. The molecule has 0 radical (unpaired) electrons. The molecule has 0 aliphatic carbocycles. The van der Waals surface area contributed by atoms with Crippen molar-refractivity contribution in [1.29, 1.82) is 0 Å². The first-order chi connectivity index (χ1) is 10.1. The molecule has 1 N–H and O–H groups in total. The number of likely N-dealkylation sites (N-methyl/N-ethyl adjacent to an activating group) is 1. The second-order valence-corrected chi connectivity index (χ2v) is 6.79. The molecule has 1 aliphatic rings. The number of rotatable bonds is 5. The van der Waals surface area contributed by atoms with Gasteiger partial charge in [-0.3, -0.25) is 9.69 Å². The topological polar surface area (TPSA) is 41.6 Å². The lowest BCUT2D eigenvalue weighted by Gasteiger charge is -2.30. The lowest BCUT2D eigenvalue weighted by Crippen LogP contribution is -2.39. The van der Waals surface area contributed by atoms with Crippen molar-refractivity contribution < 1.29 is 9.53 Å². The number of methoxy groups -OCH3 is 1. The van der Waals surface area contributed by atoms with Crippen molar-refractivity contribution in [3.05, 3.63) is 23.2 Å². The van der Waals surface area contributed by atoms with Gasteiger partial charge in [-0.2, -0.15) is 11.8 Å². The Morgan fingerprint density at radius 2 is 2.19 bits per heavy atom. The number of nitrogens with one attached hydrogen (secondary N) is 1. The van der Waals surface area contributed by atoms with Crippen LogP contribution in [0.15, 0.2) is 18.2 Å². The third-order valence-corrected chi connectivity index (χ3v) is 4.99. The summed E-state index contributed by atoms with van der Waals surface area (Å²) in [5.41, 5.74) is 0.693. The van der Waals surface area contributed by atoms with Crippen molar-refractivity contribution in [2.75, 3.05) is 37.5 Å². The molecule has 0 unspecified atom stereocenters. The molecule has 1 saturated heterocycles. The van der Waals surface area contributed by atoms with E-state index in [4.69, 9.17) is 16.3 Å². The van der Waals surface area contributed by atoms with Crippen molar-refractivity contribution in [2.45, 2.75) is 18.9 Å². The van der Waals surface area contributed by atoms with Crippen molar-refractivity contribution >= 4 is 35.0 Å². The third-order valence-electron chi connectivity index (χ3n) is 3.64. The summed E-state index contributed by atoms with van der Waals surface area (Å²) in [6, 6.07) is 5.76. The van der Waals surface area contributed by atoms with E-state index >= 15 is 0 Å². The van der Waals surface area contributed by atoms with Gasteiger partial charge in [-0.15, -0.1) is 0 Å². The van der Waals surface area contributed by atoms with Crippen molar-refractivity contribution in [3.63, 3.8) is 0 Å². The van der Waals surface area contributed by atoms with Crippen LogP contribution in [-0.4, -0.2) is 49.1 Å². The monoisotopic (exact) mass is 328 g/mol. The molecular formula is C15H21ClN2O2S. The first-order valence-corrected chi connectivity index (χ1v) is 8.55. The minimum atomic E-state index is -0.0167. The SMILES string of the molecule is COc1ccc(NC(=O)CN(C)C2CCSCC2)cc1Cl. The summed E-state index contributed by atoms with van der Waals surface area (Å²) in [6.45, 7) is 0.402. The summed E-state index contributed by atoms with van der Waals surface area (Å²) in [7, 11) is 3.58. The van der Waals surface area contributed by atoms with Gasteiger partial charge in [-0.25, -0.2) is 0 Å². The van der Waals surface area contributed by atoms with Gasteiger partial charge in [-0.1, -0.05) is 11.6 Å². The van der Waals surface area contributed by atoms with Crippen LogP contribution in [0.3, 0.4) is 0 Å². The van der Waals surface area contributed by atoms with Crippen LogP contribution < -0.4 is 10.1 Å². The minimum absolute atomic E-state index is 0.0167. The van der Waals surface area contributed by atoms with Crippen LogP contribution in [0.5, 0.6) is 5.75 Å². The molecule has 1 amide bonds. The highest BCUT2D eigenvalue weighted by Crippen LogP contribution is 2.27. The Hall–Kier alpha value is -0.910. The normalized spacial score (nSPS) is 16.0. The Balaban J connectivity index is 1.87. The van der Waals surface area contributed by atoms with E-state index in [-0.39, 0.29) is 5.91 Å². The summed E-state index contributed by atoms with van der Waals surface area (Å²) >= 11 is 8.04. The molecule has 1 aromatic rings. The number of carbonyl (C=O) groups excluding carboxylic acids is 1. The van der Waals surface area contributed by atoms with Crippen LogP contribution in [0.1, 0.15) is 12.8 Å². The molecule has 2 rings (SSSR count). The van der Waals surface area contributed by atoms with Gasteiger partial charge in [-0.05, 0) is 49.6 Å². The highest BCUT2D eigenvalue weighted by atomic mass is 35.5. The summed E-state index contributed by atoms with van der Waals surface area (Å²) in [5, 5.41) is 3.37. The van der Waals surface area contributed by atoms with Crippen LogP contribution in [-0.2, 0) is 4.79 Å². The van der Waals surface area contributed by atoms with E-state index in [1.165, 1.54) is 11.5 Å². The molecule has 0 atom stereocenters. The molecule has 4 nitrogen and oxygen atoms in total. The molecule has 0 spiro atoms.